The van der Waals surface area contributed by atoms with Gasteiger partial charge in [0.25, 0.3) is 23.6 Å². The highest BCUT2D eigenvalue weighted by molar-refractivity contribution is 6.45. The molecule has 0 aromatic heterocycles. The first-order valence-corrected chi connectivity index (χ1v) is 40.8. The number of ether oxygens (including phenoxy) is 8. The molecule has 116 heavy (non-hydrogen) atoms. The van der Waals surface area contributed by atoms with Crippen LogP contribution in [0.5, 0.6) is 46.0 Å². The fraction of sp³-hybridized carbons (Fsp3) is 0.400. The molecule has 0 spiro atoms. The number of rotatable bonds is 36. The van der Waals surface area contributed by atoms with Gasteiger partial charge in [-0.2, -0.15) is 0 Å². The minimum Gasteiger partial charge on any atom is -0.457 e. The molecule has 0 bridgehead atoms. The molecular formula is C90H92N8O18. The lowest BCUT2D eigenvalue weighted by Crippen LogP contribution is -2.56. The third-order valence-electron chi connectivity index (χ3n) is 23.4. The lowest BCUT2D eigenvalue weighted by atomic mass is 9.79. The van der Waals surface area contributed by atoms with E-state index in [-0.39, 0.29) is 239 Å². The lowest BCUT2D eigenvalue weighted by Gasteiger charge is -2.39. The molecule has 6 heterocycles. The first kappa shape index (κ1) is 77.0. The van der Waals surface area contributed by atoms with Crippen molar-refractivity contribution >= 4 is 102 Å². The Bertz CT molecular complexity index is 4660. The molecule has 8 aliphatic rings. The van der Waals surface area contributed by atoms with Crippen molar-refractivity contribution in [3.05, 3.63) is 168 Å². The summed E-state index contributed by atoms with van der Waals surface area (Å²) in [4.78, 5) is 160. The van der Waals surface area contributed by atoms with E-state index >= 15 is 28.8 Å². The van der Waals surface area contributed by atoms with Crippen LogP contribution in [0.4, 0.5) is 0 Å². The number of nitrogens with zero attached hydrogens (tertiary/aromatic N) is 4. The summed E-state index contributed by atoms with van der Waals surface area (Å²) in [6.45, 7) is 2.50. The fourth-order valence-electron chi connectivity index (χ4n) is 17.0. The van der Waals surface area contributed by atoms with Gasteiger partial charge in [0.15, 0.2) is 0 Å². The normalized spacial score (nSPS) is 19.3. The highest BCUT2D eigenvalue weighted by atomic mass is 16.6. The number of carbonyl (C=O) groups is 10. The molecule has 9 aromatic rings. The van der Waals surface area contributed by atoms with Gasteiger partial charge in [-0.15, -0.1) is 0 Å². The Hall–Kier alpha value is -11.6. The molecule has 6 atom stereocenters. The maximum atomic E-state index is 16.9. The number of hydrogen-bond donors (Lipinski definition) is 4. The average molecular weight is 1570 g/mol. The van der Waals surface area contributed by atoms with Gasteiger partial charge in [-0.1, -0.05) is 137 Å². The van der Waals surface area contributed by atoms with E-state index < -0.39 is 47.5 Å². The summed E-state index contributed by atoms with van der Waals surface area (Å²) in [5, 5.41) is 13.3. The first-order valence-electron chi connectivity index (χ1n) is 40.8. The standard InChI is InChI=1S/C90H92N8O18/c99-73(91-45-59-49-109-59)31-35-95(36-32-74(100)92-46-60-50-110-60)89(107)67(39-53-19-7-1-8-20-53)97-85(103)63-41-69(113-55-23-11-3-12-24-55)79-81-71(115-57-27-15-5-16-28-57)43-65-78-66(44-72(116-58-29-17-6-18-30-58)82(84(78)81)80-70(114-56-25-13-4-14-26-56)42-64(86(97)104)77(63)83(79)80)88(106)98(87(65)105)68(40-54-21-9-2-10-22-54)90(108)96(37-33-75(101)93-47-61-51-111-61)38-34-76(102)94-48-62-52-112-62/h3-6,11-18,23-30,41-44,53-54,59-62,67-68H,1-2,7-10,19-22,31-40,45-52H2,(H,91,99)(H,92,100)(H,93,101)(H,94,102). The summed E-state index contributed by atoms with van der Waals surface area (Å²) in [6, 6.07) is 38.8. The van der Waals surface area contributed by atoms with Crippen LogP contribution >= 0.6 is 0 Å². The minimum absolute atomic E-state index is 0.0380. The Kier molecular flexibility index (Phi) is 22.6. The first-order chi connectivity index (χ1) is 56.6. The van der Waals surface area contributed by atoms with Crippen LogP contribution in [0.25, 0.3) is 43.1 Å². The van der Waals surface area contributed by atoms with Crippen LogP contribution < -0.4 is 40.2 Å². The van der Waals surface area contributed by atoms with E-state index in [1.165, 1.54) is 9.80 Å². The van der Waals surface area contributed by atoms with E-state index in [1.54, 1.807) is 121 Å². The van der Waals surface area contributed by atoms with Gasteiger partial charge in [0.1, 0.15) is 58.1 Å². The topological polar surface area (TPSA) is 319 Å². The SMILES string of the molecule is O=C(CCN(CCC(=O)NCC1CO1)C(=O)C(CC1CCCCC1)N1C(=O)c2cc(Oc3ccccc3)c3c4c(Oc5ccccc5)cc5c6c(cc(Oc7ccccc7)c(c7c(Oc8ccccc8)cc(c2c37)C1=O)c64)C(=O)N(C(CC1CCCCC1)C(=O)N(CCC(=O)NCC1CO1)CCC(=O)NCC1CO1)C5=O)NCC1CO1. The maximum absolute atomic E-state index is 16.9. The van der Waals surface area contributed by atoms with Crippen LogP contribution in [0.3, 0.4) is 0 Å². The van der Waals surface area contributed by atoms with E-state index in [0.717, 1.165) is 48.3 Å². The van der Waals surface area contributed by atoms with Crippen LogP contribution in [0.15, 0.2) is 146 Å². The zero-order chi connectivity index (χ0) is 79.5. The number of fused-ring (bicyclic) bond motifs is 2. The van der Waals surface area contributed by atoms with Gasteiger partial charge in [0.2, 0.25) is 35.4 Å². The Morgan fingerprint density at radius 3 is 0.819 bits per heavy atom. The number of imide groups is 2. The van der Waals surface area contributed by atoms with E-state index in [2.05, 4.69) is 21.3 Å². The summed E-state index contributed by atoms with van der Waals surface area (Å²) in [7, 11) is 0. The molecule has 6 aliphatic heterocycles. The van der Waals surface area contributed by atoms with Crippen molar-refractivity contribution in [2.24, 2.45) is 11.8 Å². The second-order valence-electron chi connectivity index (χ2n) is 31.5. The smallest absolute Gasteiger partial charge is 0.262 e. The zero-order valence-electron chi connectivity index (χ0n) is 64.4. The number of hydrogen-bond acceptors (Lipinski definition) is 18. The molecular weight excluding hydrogens is 1480 g/mol. The monoisotopic (exact) mass is 1570 g/mol. The van der Waals surface area contributed by atoms with E-state index in [4.69, 9.17) is 37.9 Å². The third-order valence-corrected chi connectivity index (χ3v) is 23.4. The molecule has 2 saturated carbocycles. The van der Waals surface area contributed by atoms with Crippen LogP contribution in [-0.2, 0) is 47.7 Å². The summed E-state index contributed by atoms with van der Waals surface area (Å²) in [5.74, 6) is -4.89. The molecule has 4 saturated heterocycles. The van der Waals surface area contributed by atoms with E-state index in [1.807, 2.05) is 24.3 Å². The van der Waals surface area contributed by atoms with Crippen molar-refractivity contribution in [3.8, 4) is 46.0 Å². The largest absolute Gasteiger partial charge is 0.457 e. The van der Waals surface area contributed by atoms with Gasteiger partial charge in [-0.05, 0) is 97.5 Å². The van der Waals surface area contributed by atoms with Crippen LogP contribution in [-0.4, -0.2) is 194 Å². The van der Waals surface area contributed by atoms with Crippen molar-refractivity contribution in [2.45, 2.75) is 139 Å². The highest BCUT2D eigenvalue weighted by Crippen LogP contribution is 2.58. The van der Waals surface area contributed by atoms with Crippen LogP contribution in [0.1, 0.15) is 144 Å². The molecule has 10 amide bonds. The van der Waals surface area contributed by atoms with Gasteiger partial charge >= 0.3 is 0 Å². The second kappa shape index (κ2) is 34.1. The second-order valence-corrected chi connectivity index (χ2v) is 31.5. The van der Waals surface area contributed by atoms with Crippen molar-refractivity contribution in [1.29, 1.82) is 0 Å². The van der Waals surface area contributed by atoms with Gasteiger partial charge < -0.3 is 69.0 Å². The Morgan fingerprint density at radius 2 is 0.586 bits per heavy atom. The van der Waals surface area contributed by atoms with Gasteiger partial charge in [0, 0.05) is 121 Å². The fourth-order valence-corrected chi connectivity index (χ4v) is 17.0. The predicted octanol–water partition coefficient (Wildman–Crippen LogP) is 12.1. The molecule has 0 radical (unpaired) electrons. The van der Waals surface area contributed by atoms with E-state index in [9.17, 15) is 19.2 Å². The molecule has 4 N–H and O–H groups in total. The molecule has 26 nitrogen and oxygen atoms in total. The highest BCUT2D eigenvalue weighted by Gasteiger charge is 2.49. The van der Waals surface area contributed by atoms with Crippen molar-refractivity contribution in [1.82, 2.24) is 40.9 Å². The number of para-hydroxylation sites is 4. The molecule has 6 unspecified atom stereocenters. The Labute approximate surface area is 669 Å². The molecule has 600 valence electrons. The van der Waals surface area contributed by atoms with Crippen LogP contribution in [0.2, 0.25) is 0 Å². The number of carbonyl (C=O) groups excluding carboxylic acids is 10. The number of nitrogens with one attached hydrogen (secondary N) is 4. The third kappa shape index (κ3) is 17.1. The summed E-state index contributed by atoms with van der Waals surface area (Å²) in [5.41, 5.74) is -0.152. The quantitative estimate of drug-likeness (QED) is 0.0123. The summed E-state index contributed by atoms with van der Waals surface area (Å²) in [6.07, 6.45) is 7.15. The van der Waals surface area contributed by atoms with Crippen molar-refractivity contribution < 1.29 is 85.8 Å². The summed E-state index contributed by atoms with van der Waals surface area (Å²) >= 11 is 0. The van der Waals surface area contributed by atoms with Crippen molar-refractivity contribution in [3.63, 3.8) is 0 Å². The molecule has 6 fully saturated rings. The predicted molar refractivity (Wildman–Crippen MR) is 427 cm³/mol. The number of benzene rings is 9. The maximum Gasteiger partial charge on any atom is 0.262 e. The lowest BCUT2D eigenvalue weighted by molar-refractivity contribution is -0.138. The van der Waals surface area contributed by atoms with Gasteiger partial charge in [-0.25, -0.2) is 0 Å². The zero-order valence-corrected chi connectivity index (χ0v) is 64.4. The van der Waals surface area contributed by atoms with Gasteiger partial charge in [0.05, 0.1) is 73.1 Å². The molecule has 17 rings (SSSR count). The van der Waals surface area contributed by atoms with Crippen LogP contribution in [0, 0.1) is 11.8 Å². The van der Waals surface area contributed by atoms with E-state index in [0.29, 0.717) is 75.1 Å². The van der Waals surface area contributed by atoms with Crippen molar-refractivity contribution in [2.75, 3.05) is 78.8 Å². The number of epoxide rings is 4. The number of amides is 10. The van der Waals surface area contributed by atoms with Gasteiger partial charge in [-0.3, -0.25) is 57.7 Å². The molecule has 2 aliphatic carbocycles. The Balaban J connectivity index is 0.884. The molecule has 9 aromatic carbocycles. The summed E-state index contributed by atoms with van der Waals surface area (Å²) < 4.78 is 50.4. The minimum atomic E-state index is -1.47. The average Bonchev–Trinajstić information content (AvgIpc) is 0.780. The Morgan fingerprint density at radius 1 is 0.345 bits per heavy atom. The molecule has 26 heteroatoms.